The highest BCUT2D eigenvalue weighted by molar-refractivity contribution is 7.18. The van der Waals surface area contributed by atoms with Crippen LogP contribution >= 0.6 is 11.3 Å². The molecule has 4 aromatic rings. The summed E-state index contributed by atoms with van der Waals surface area (Å²) in [5.41, 5.74) is 2.64. The average molecular weight is 450 g/mol. The predicted octanol–water partition coefficient (Wildman–Crippen LogP) is 5.26. The Balaban J connectivity index is 1.31. The highest BCUT2D eigenvalue weighted by atomic mass is 32.1. The Hall–Kier alpha value is -3.65. The molecular weight excluding hydrogens is 426 g/mol. The molecule has 4 rings (SSSR count). The normalized spacial score (nSPS) is 10.8. The Labute approximate surface area is 189 Å². The van der Waals surface area contributed by atoms with Gasteiger partial charge in [-0.3, -0.25) is 9.59 Å². The van der Waals surface area contributed by atoms with Crippen molar-refractivity contribution in [1.82, 2.24) is 10.1 Å². The smallest absolute Gasteiger partial charge is 0.291 e. The molecule has 2 amide bonds. The molecule has 3 heterocycles. The van der Waals surface area contributed by atoms with Crippen molar-refractivity contribution in [3.05, 3.63) is 82.8 Å². The molecule has 8 heteroatoms. The Morgan fingerprint density at radius 2 is 1.94 bits per heavy atom. The topological polar surface area (TPSA) is 88.6 Å². The second kappa shape index (κ2) is 9.65. The van der Waals surface area contributed by atoms with Crippen LogP contribution in [-0.4, -0.2) is 35.5 Å². The largest absolute Gasteiger partial charge is 0.459 e. The molecule has 3 aromatic heterocycles. The Bertz CT molecular complexity index is 1200. The molecule has 0 saturated carbocycles. The molecule has 0 fully saturated rings. The number of benzene rings is 1. The van der Waals surface area contributed by atoms with Crippen molar-refractivity contribution in [2.24, 2.45) is 0 Å². The first-order valence-corrected chi connectivity index (χ1v) is 11.0. The van der Waals surface area contributed by atoms with Gasteiger partial charge in [0.1, 0.15) is 11.5 Å². The molecule has 1 N–H and O–H groups in total. The van der Waals surface area contributed by atoms with Gasteiger partial charge in [-0.1, -0.05) is 35.5 Å². The zero-order valence-electron chi connectivity index (χ0n) is 17.8. The van der Waals surface area contributed by atoms with E-state index in [2.05, 4.69) is 10.5 Å². The zero-order chi connectivity index (χ0) is 22.5. The number of amides is 2. The van der Waals surface area contributed by atoms with Gasteiger partial charge in [-0.25, -0.2) is 0 Å². The molecule has 7 nitrogen and oxygen atoms in total. The lowest BCUT2D eigenvalue weighted by atomic mass is 10.1. The molecule has 0 spiro atoms. The van der Waals surface area contributed by atoms with Gasteiger partial charge >= 0.3 is 0 Å². The molecule has 32 heavy (non-hydrogen) atoms. The molecule has 0 saturated heterocycles. The standard InChI is InChI=1S/C24H23N3O4S/c1-16-14-21(25-23(28)20-11-7-13-30-20)32-22(16)24(29)27(2)12-6-10-18-15-19(26-31-18)17-8-4-3-5-9-17/h3-5,7-9,11,13-15H,6,10,12H2,1-2H3,(H,25,28). The lowest BCUT2D eigenvalue weighted by Gasteiger charge is -2.16. The second-order valence-corrected chi connectivity index (χ2v) is 8.48. The fourth-order valence-corrected chi connectivity index (χ4v) is 4.34. The van der Waals surface area contributed by atoms with Gasteiger partial charge in [-0.15, -0.1) is 11.3 Å². The number of carbonyl (C=O) groups is 2. The molecule has 0 atom stereocenters. The molecule has 0 aliphatic rings. The maximum absolute atomic E-state index is 12.9. The SMILES string of the molecule is Cc1cc(NC(=O)c2ccco2)sc1C(=O)N(C)CCCc1cc(-c2ccccc2)no1. The Kier molecular flexibility index (Phi) is 6.51. The van der Waals surface area contributed by atoms with E-state index in [9.17, 15) is 9.59 Å². The number of hydrogen-bond donors (Lipinski definition) is 1. The fourth-order valence-electron chi connectivity index (χ4n) is 3.28. The number of anilines is 1. The molecule has 1 aromatic carbocycles. The number of rotatable bonds is 8. The van der Waals surface area contributed by atoms with Crippen molar-refractivity contribution in [2.75, 3.05) is 18.9 Å². The maximum atomic E-state index is 12.9. The maximum Gasteiger partial charge on any atom is 0.291 e. The van der Waals surface area contributed by atoms with Crippen molar-refractivity contribution in [1.29, 1.82) is 0 Å². The van der Waals surface area contributed by atoms with Crippen molar-refractivity contribution in [2.45, 2.75) is 19.8 Å². The van der Waals surface area contributed by atoms with Crippen LogP contribution in [0.2, 0.25) is 0 Å². The summed E-state index contributed by atoms with van der Waals surface area (Å²) in [5.74, 6) is 0.600. The van der Waals surface area contributed by atoms with Crippen LogP contribution in [0.1, 0.15) is 38.0 Å². The summed E-state index contributed by atoms with van der Waals surface area (Å²) in [7, 11) is 1.78. The summed E-state index contributed by atoms with van der Waals surface area (Å²) in [6.07, 6.45) is 2.88. The monoisotopic (exact) mass is 449 g/mol. The zero-order valence-corrected chi connectivity index (χ0v) is 18.6. The minimum Gasteiger partial charge on any atom is -0.459 e. The minimum atomic E-state index is -0.342. The third-order valence-electron chi connectivity index (χ3n) is 4.99. The molecule has 0 aliphatic carbocycles. The van der Waals surface area contributed by atoms with Crippen molar-refractivity contribution < 1.29 is 18.5 Å². The van der Waals surface area contributed by atoms with E-state index in [0.717, 1.165) is 29.0 Å². The van der Waals surface area contributed by atoms with E-state index in [-0.39, 0.29) is 17.6 Å². The molecule has 0 unspecified atom stereocenters. The van der Waals surface area contributed by atoms with E-state index in [1.54, 1.807) is 30.1 Å². The number of aromatic nitrogens is 1. The van der Waals surface area contributed by atoms with Gasteiger partial charge in [-0.05, 0) is 37.1 Å². The summed E-state index contributed by atoms with van der Waals surface area (Å²) >= 11 is 1.26. The molecule has 0 radical (unpaired) electrons. The summed E-state index contributed by atoms with van der Waals surface area (Å²) < 4.78 is 10.5. The number of nitrogens with one attached hydrogen (secondary N) is 1. The van der Waals surface area contributed by atoms with E-state index in [0.29, 0.717) is 22.8 Å². The lowest BCUT2D eigenvalue weighted by molar-refractivity contribution is 0.0796. The number of carbonyl (C=O) groups excluding carboxylic acids is 2. The third-order valence-corrected chi connectivity index (χ3v) is 6.13. The quantitative estimate of drug-likeness (QED) is 0.396. The van der Waals surface area contributed by atoms with E-state index < -0.39 is 0 Å². The number of hydrogen-bond acceptors (Lipinski definition) is 6. The van der Waals surface area contributed by atoms with Gasteiger partial charge in [0.25, 0.3) is 11.8 Å². The van der Waals surface area contributed by atoms with E-state index in [4.69, 9.17) is 8.94 Å². The molecule has 0 bridgehead atoms. The molecule has 164 valence electrons. The third kappa shape index (κ3) is 4.97. The lowest BCUT2D eigenvalue weighted by Crippen LogP contribution is -2.27. The highest BCUT2D eigenvalue weighted by Gasteiger charge is 2.19. The van der Waals surface area contributed by atoms with Gasteiger partial charge < -0.3 is 19.2 Å². The number of nitrogens with zero attached hydrogens (tertiary/aromatic N) is 2. The minimum absolute atomic E-state index is 0.0754. The summed E-state index contributed by atoms with van der Waals surface area (Å²) in [6, 6.07) is 16.8. The molecular formula is C24H23N3O4S. The fraction of sp³-hybridized carbons (Fsp3) is 0.208. The Morgan fingerprint density at radius 1 is 1.12 bits per heavy atom. The van der Waals surface area contributed by atoms with Crippen LogP contribution in [0.5, 0.6) is 0 Å². The first kappa shape index (κ1) is 21.6. The van der Waals surface area contributed by atoms with Crippen LogP contribution in [0.15, 0.2) is 69.8 Å². The first-order chi connectivity index (χ1) is 15.5. The van der Waals surface area contributed by atoms with Crippen molar-refractivity contribution in [3.63, 3.8) is 0 Å². The predicted molar refractivity (Wildman–Crippen MR) is 123 cm³/mol. The van der Waals surface area contributed by atoms with Gasteiger partial charge in [0.15, 0.2) is 5.76 Å². The van der Waals surface area contributed by atoms with Gasteiger partial charge in [-0.2, -0.15) is 0 Å². The summed E-state index contributed by atoms with van der Waals surface area (Å²) in [4.78, 5) is 27.3. The van der Waals surface area contributed by atoms with Crippen LogP contribution in [-0.2, 0) is 6.42 Å². The first-order valence-electron chi connectivity index (χ1n) is 10.2. The van der Waals surface area contributed by atoms with Gasteiger partial charge in [0.05, 0.1) is 16.1 Å². The molecule has 0 aliphatic heterocycles. The van der Waals surface area contributed by atoms with Gasteiger partial charge in [0.2, 0.25) is 0 Å². The van der Waals surface area contributed by atoms with Crippen LogP contribution in [0.4, 0.5) is 5.00 Å². The second-order valence-electron chi connectivity index (χ2n) is 7.43. The van der Waals surface area contributed by atoms with Crippen LogP contribution < -0.4 is 5.32 Å². The average Bonchev–Trinajstić information content (AvgIpc) is 3.55. The van der Waals surface area contributed by atoms with Crippen LogP contribution in [0, 0.1) is 6.92 Å². The van der Waals surface area contributed by atoms with Gasteiger partial charge in [0, 0.05) is 31.6 Å². The van der Waals surface area contributed by atoms with E-state index in [1.165, 1.54) is 17.6 Å². The number of thiophene rings is 1. The van der Waals surface area contributed by atoms with Crippen LogP contribution in [0.3, 0.4) is 0 Å². The summed E-state index contributed by atoms with van der Waals surface area (Å²) in [5, 5.41) is 7.51. The summed E-state index contributed by atoms with van der Waals surface area (Å²) in [6.45, 7) is 2.44. The van der Waals surface area contributed by atoms with Crippen molar-refractivity contribution in [3.8, 4) is 11.3 Å². The Morgan fingerprint density at radius 3 is 2.69 bits per heavy atom. The van der Waals surface area contributed by atoms with E-state index in [1.807, 2.05) is 43.3 Å². The van der Waals surface area contributed by atoms with E-state index >= 15 is 0 Å². The van der Waals surface area contributed by atoms with Crippen LogP contribution in [0.25, 0.3) is 11.3 Å². The highest BCUT2D eigenvalue weighted by Crippen LogP contribution is 2.28. The van der Waals surface area contributed by atoms with Crippen molar-refractivity contribution >= 4 is 28.2 Å². The number of furan rings is 1. The number of aryl methyl sites for hydroxylation is 2.